The van der Waals surface area contributed by atoms with Gasteiger partial charge >= 0.3 is 0 Å². The number of rotatable bonds is 1. The number of halogens is 4. The summed E-state index contributed by atoms with van der Waals surface area (Å²) in [6.45, 7) is 0. The topological polar surface area (TPSA) is 36.7 Å². The molecule has 1 aromatic rings. The molecule has 0 aliphatic carbocycles. The summed E-state index contributed by atoms with van der Waals surface area (Å²) in [5.41, 5.74) is -1.30. The Labute approximate surface area is 76.6 Å². The largest absolute Gasteiger partial charge is 0.283 e. The van der Waals surface area contributed by atoms with Gasteiger partial charge in [-0.15, -0.1) is 0 Å². The summed E-state index contributed by atoms with van der Waals surface area (Å²) in [6, 6.07) is 2.16. The Kier molecular flexibility index (Phi) is 2.73. The van der Waals surface area contributed by atoms with E-state index in [9.17, 15) is 13.2 Å². The van der Waals surface area contributed by atoms with Gasteiger partial charge in [-0.25, -0.2) is 18.2 Å². The number of aromatic nitrogens is 1. The lowest BCUT2D eigenvalue weighted by Gasteiger charge is -2.01. The molecule has 0 bridgehead atoms. The highest BCUT2D eigenvalue weighted by atomic mass is 35.5. The minimum atomic E-state index is -3.04. The van der Waals surface area contributed by atoms with Gasteiger partial charge in [0, 0.05) is 0 Å². The molecule has 13 heavy (non-hydrogen) atoms. The Bertz CT molecular complexity index is 373. The molecule has 2 nitrogen and oxygen atoms in total. The maximum Gasteiger partial charge on any atom is 0.283 e. The molecule has 0 unspecified atom stereocenters. The second-order valence-electron chi connectivity index (χ2n) is 2.11. The molecular formula is C7H2ClF3N2. The molecule has 0 spiro atoms. The lowest BCUT2D eigenvalue weighted by atomic mass is 10.2. The summed E-state index contributed by atoms with van der Waals surface area (Å²) in [4.78, 5) is 3.06. The molecule has 1 rings (SSSR count). The van der Waals surface area contributed by atoms with Gasteiger partial charge in [-0.05, 0) is 6.07 Å². The Morgan fingerprint density at radius 2 is 2.15 bits per heavy atom. The zero-order chi connectivity index (χ0) is 10.0. The van der Waals surface area contributed by atoms with Crippen molar-refractivity contribution < 1.29 is 13.2 Å². The smallest absolute Gasteiger partial charge is 0.231 e. The molecule has 6 heteroatoms. The summed E-state index contributed by atoms with van der Waals surface area (Å²) in [5, 5.41) is 7.93. The predicted octanol–water partition coefficient (Wildman–Crippen LogP) is 2.68. The Hall–Kier alpha value is -1.28. The summed E-state index contributed by atoms with van der Waals surface area (Å²) in [5.74, 6) is -1.23. The Balaban J connectivity index is 3.31. The van der Waals surface area contributed by atoms with E-state index in [0.29, 0.717) is 6.07 Å². The number of pyridine rings is 1. The van der Waals surface area contributed by atoms with Crippen molar-refractivity contribution in [3.8, 4) is 6.07 Å². The first-order valence-corrected chi connectivity index (χ1v) is 3.48. The quantitative estimate of drug-likeness (QED) is 0.663. The van der Waals surface area contributed by atoms with Gasteiger partial charge in [-0.3, -0.25) is 0 Å². The fourth-order valence-corrected chi connectivity index (χ4v) is 0.899. The molecule has 0 aliphatic heterocycles. The van der Waals surface area contributed by atoms with Crippen LogP contribution in [0.3, 0.4) is 0 Å². The van der Waals surface area contributed by atoms with Crippen LogP contribution in [0.1, 0.15) is 17.7 Å². The van der Waals surface area contributed by atoms with Gasteiger partial charge in [0.1, 0.15) is 16.9 Å². The van der Waals surface area contributed by atoms with E-state index in [1.807, 2.05) is 0 Å². The van der Waals surface area contributed by atoms with Crippen molar-refractivity contribution in [1.82, 2.24) is 4.98 Å². The SMILES string of the molecule is N#Cc1cc(F)c(C(F)F)nc1Cl. The number of hydrogen-bond acceptors (Lipinski definition) is 2. The summed E-state index contributed by atoms with van der Waals surface area (Å²) < 4.78 is 36.7. The van der Waals surface area contributed by atoms with E-state index in [4.69, 9.17) is 16.9 Å². The molecule has 0 saturated carbocycles. The van der Waals surface area contributed by atoms with Crippen LogP contribution in [0, 0.1) is 17.1 Å². The van der Waals surface area contributed by atoms with Gasteiger partial charge in [0.2, 0.25) is 0 Å². The number of nitrogens with zero attached hydrogens (tertiary/aromatic N) is 2. The number of nitriles is 1. The zero-order valence-corrected chi connectivity index (χ0v) is 6.82. The van der Waals surface area contributed by atoms with Gasteiger partial charge in [-0.1, -0.05) is 11.6 Å². The summed E-state index contributed by atoms with van der Waals surface area (Å²) >= 11 is 5.31. The molecule has 1 aromatic heterocycles. The van der Waals surface area contributed by atoms with Crippen molar-refractivity contribution >= 4 is 11.6 Å². The van der Waals surface area contributed by atoms with Gasteiger partial charge in [0.25, 0.3) is 6.43 Å². The van der Waals surface area contributed by atoms with Crippen LogP contribution in [0.2, 0.25) is 5.15 Å². The van der Waals surface area contributed by atoms with Crippen LogP contribution in [0.15, 0.2) is 6.07 Å². The highest BCUT2D eigenvalue weighted by molar-refractivity contribution is 6.30. The minimum Gasteiger partial charge on any atom is -0.231 e. The third kappa shape index (κ3) is 1.90. The fraction of sp³-hybridized carbons (Fsp3) is 0.143. The second-order valence-corrected chi connectivity index (χ2v) is 2.46. The van der Waals surface area contributed by atoms with E-state index in [1.165, 1.54) is 6.07 Å². The summed E-state index contributed by atoms with van der Waals surface area (Å²) in [6.07, 6.45) is -3.04. The van der Waals surface area contributed by atoms with Crippen molar-refractivity contribution in [2.24, 2.45) is 0 Å². The van der Waals surface area contributed by atoms with Crippen LogP contribution >= 0.6 is 11.6 Å². The molecule has 0 radical (unpaired) electrons. The van der Waals surface area contributed by atoms with Crippen molar-refractivity contribution in [3.05, 3.63) is 28.3 Å². The maximum absolute atomic E-state index is 12.7. The van der Waals surface area contributed by atoms with Crippen LogP contribution in [-0.4, -0.2) is 4.98 Å². The van der Waals surface area contributed by atoms with Crippen molar-refractivity contribution in [1.29, 1.82) is 5.26 Å². The lowest BCUT2D eigenvalue weighted by molar-refractivity contribution is 0.140. The van der Waals surface area contributed by atoms with E-state index >= 15 is 0 Å². The van der Waals surface area contributed by atoms with Crippen LogP contribution in [0.5, 0.6) is 0 Å². The molecule has 0 N–H and O–H groups in total. The molecule has 0 atom stereocenters. The highest BCUT2D eigenvalue weighted by Crippen LogP contribution is 2.23. The first-order chi connectivity index (χ1) is 6.06. The number of alkyl halides is 2. The first-order valence-electron chi connectivity index (χ1n) is 3.10. The third-order valence-electron chi connectivity index (χ3n) is 1.28. The van der Waals surface area contributed by atoms with Crippen molar-refractivity contribution in [2.75, 3.05) is 0 Å². The van der Waals surface area contributed by atoms with Crippen LogP contribution in [-0.2, 0) is 0 Å². The Morgan fingerprint density at radius 3 is 2.62 bits per heavy atom. The third-order valence-corrected chi connectivity index (χ3v) is 1.57. The first kappa shape index (κ1) is 9.81. The van der Waals surface area contributed by atoms with E-state index in [1.54, 1.807) is 0 Å². The summed E-state index contributed by atoms with van der Waals surface area (Å²) in [7, 11) is 0. The van der Waals surface area contributed by atoms with E-state index in [0.717, 1.165) is 0 Å². The molecule has 0 amide bonds. The van der Waals surface area contributed by atoms with E-state index in [2.05, 4.69) is 4.98 Å². The lowest BCUT2D eigenvalue weighted by Crippen LogP contribution is -1.97. The molecular weight excluding hydrogens is 205 g/mol. The Morgan fingerprint density at radius 1 is 1.54 bits per heavy atom. The van der Waals surface area contributed by atoms with Crippen molar-refractivity contribution in [3.63, 3.8) is 0 Å². The van der Waals surface area contributed by atoms with Gasteiger partial charge in [-0.2, -0.15) is 5.26 Å². The van der Waals surface area contributed by atoms with Gasteiger partial charge < -0.3 is 0 Å². The van der Waals surface area contributed by atoms with E-state index < -0.39 is 23.1 Å². The second kappa shape index (κ2) is 3.62. The monoisotopic (exact) mass is 206 g/mol. The van der Waals surface area contributed by atoms with Crippen LogP contribution in [0.25, 0.3) is 0 Å². The molecule has 68 valence electrons. The molecule has 0 aliphatic rings. The van der Waals surface area contributed by atoms with Crippen LogP contribution < -0.4 is 0 Å². The molecule has 1 heterocycles. The average molecular weight is 207 g/mol. The standard InChI is InChI=1S/C7H2ClF3N2/c8-6-3(2-12)1-4(9)5(13-6)7(10)11/h1,7H. The average Bonchev–Trinajstić information content (AvgIpc) is 2.07. The normalized spacial score (nSPS) is 10.2. The molecule has 0 saturated heterocycles. The fourth-order valence-electron chi connectivity index (χ4n) is 0.711. The molecule has 0 fully saturated rings. The maximum atomic E-state index is 12.7. The minimum absolute atomic E-state index is 0.261. The highest BCUT2D eigenvalue weighted by Gasteiger charge is 2.17. The predicted molar refractivity (Wildman–Crippen MR) is 38.9 cm³/mol. The number of hydrogen-bond donors (Lipinski definition) is 0. The van der Waals surface area contributed by atoms with Crippen molar-refractivity contribution in [2.45, 2.75) is 6.43 Å². The van der Waals surface area contributed by atoms with Crippen LogP contribution in [0.4, 0.5) is 13.2 Å². The molecule has 0 aromatic carbocycles. The van der Waals surface area contributed by atoms with Gasteiger partial charge in [0.15, 0.2) is 5.82 Å². The van der Waals surface area contributed by atoms with Gasteiger partial charge in [0.05, 0.1) is 5.56 Å². The zero-order valence-electron chi connectivity index (χ0n) is 6.06. The van der Waals surface area contributed by atoms with E-state index in [-0.39, 0.29) is 5.56 Å².